The lowest BCUT2D eigenvalue weighted by Crippen LogP contribution is -2.62. The molecule has 2 saturated heterocycles. The molecule has 0 radical (unpaired) electrons. The van der Waals surface area contributed by atoms with E-state index >= 15 is 0 Å². The van der Waals surface area contributed by atoms with Crippen LogP contribution in [0.5, 0.6) is 0 Å². The summed E-state index contributed by atoms with van der Waals surface area (Å²) in [7, 11) is 1.47. The quantitative estimate of drug-likeness (QED) is 0.178. The Kier molecular flexibility index (Phi) is 10.9. The first-order valence-corrected chi connectivity index (χ1v) is 11.2. The van der Waals surface area contributed by atoms with Crippen molar-refractivity contribution in [3.8, 4) is 0 Å². The molecule has 192 valence electrons. The molecule has 0 aromatic carbocycles. The van der Waals surface area contributed by atoms with Gasteiger partial charge in [-0.05, 0) is 12.8 Å². The predicted molar refractivity (Wildman–Crippen MR) is 112 cm³/mol. The van der Waals surface area contributed by atoms with Crippen LogP contribution in [0.1, 0.15) is 26.7 Å². The molecule has 0 aromatic rings. The van der Waals surface area contributed by atoms with Crippen LogP contribution in [0.2, 0.25) is 0 Å². The minimum Gasteiger partial charge on any atom is -0.479 e. The second kappa shape index (κ2) is 12.9. The number of aliphatic hydroxyl groups is 4. The summed E-state index contributed by atoms with van der Waals surface area (Å²) >= 11 is 0. The van der Waals surface area contributed by atoms with Gasteiger partial charge in [-0.2, -0.15) is 0 Å². The van der Waals surface area contributed by atoms with Crippen LogP contribution in [0.3, 0.4) is 0 Å². The Morgan fingerprint density at radius 3 is 2.21 bits per heavy atom. The monoisotopic (exact) mass is 479 g/mol. The van der Waals surface area contributed by atoms with E-state index in [0.717, 1.165) is 0 Å². The van der Waals surface area contributed by atoms with Gasteiger partial charge in [-0.3, -0.25) is 4.79 Å². The molecule has 0 spiro atoms. The van der Waals surface area contributed by atoms with Crippen LogP contribution in [-0.2, 0) is 28.5 Å². The Labute approximate surface area is 192 Å². The van der Waals surface area contributed by atoms with Gasteiger partial charge in [-0.1, -0.05) is 6.92 Å². The van der Waals surface area contributed by atoms with E-state index in [1.165, 1.54) is 14.0 Å². The fraction of sp³-hybridized carbons (Fsp3) is 0.905. The third kappa shape index (κ3) is 6.83. The van der Waals surface area contributed by atoms with Crippen LogP contribution in [0.4, 0.5) is 0 Å². The summed E-state index contributed by atoms with van der Waals surface area (Å²) in [5.41, 5.74) is 0. The molecular formula is C21H37NO11. The van der Waals surface area contributed by atoms with Crippen LogP contribution < -0.4 is 5.32 Å². The minimum absolute atomic E-state index is 0.0767. The summed E-state index contributed by atoms with van der Waals surface area (Å²) in [6.45, 7) is 2.68. The Morgan fingerprint density at radius 1 is 0.970 bits per heavy atom. The largest absolute Gasteiger partial charge is 0.479 e. The molecule has 2 fully saturated rings. The van der Waals surface area contributed by atoms with Crippen molar-refractivity contribution in [2.24, 2.45) is 11.8 Å². The third-order valence-corrected chi connectivity index (χ3v) is 6.38. The number of rotatable bonds is 11. The van der Waals surface area contributed by atoms with Crippen molar-refractivity contribution in [2.45, 2.75) is 75.5 Å². The molecule has 2 aliphatic heterocycles. The zero-order valence-electron chi connectivity index (χ0n) is 19.2. The van der Waals surface area contributed by atoms with E-state index in [4.69, 9.17) is 18.9 Å². The average Bonchev–Trinajstić information content (AvgIpc) is 2.76. The van der Waals surface area contributed by atoms with Crippen molar-refractivity contribution in [1.82, 2.24) is 5.32 Å². The third-order valence-electron chi connectivity index (χ3n) is 6.38. The Hall–Kier alpha value is -1.38. The molecule has 33 heavy (non-hydrogen) atoms. The van der Waals surface area contributed by atoms with Crippen LogP contribution in [0, 0.1) is 11.8 Å². The zero-order chi connectivity index (χ0) is 24.7. The molecular weight excluding hydrogens is 442 g/mol. The lowest BCUT2D eigenvalue weighted by Gasteiger charge is -2.45. The molecule has 10 atom stereocenters. The summed E-state index contributed by atoms with van der Waals surface area (Å²) in [6.07, 6.45) is -6.82. The van der Waals surface area contributed by atoms with E-state index in [-0.39, 0.29) is 32.1 Å². The van der Waals surface area contributed by atoms with Crippen molar-refractivity contribution >= 4 is 11.9 Å². The Bertz CT molecular complexity index is 635. The van der Waals surface area contributed by atoms with Gasteiger partial charge in [-0.15, -0.1) is 0 Å². The van der Waals surface area contributed by atoms with Crippen LogP contribution in [0.15, 0.2) is 0 Å². The second-order valence-corrected chi connectivity index (χ2v) is 8.58. The van der Waals surface area contributed by atoms with Gasteiger partial charge in [0.25, 0.3) is 0 Å². The van der Waals surface area contributed by atoms with Gasteiger partial charge in [-0.25, -0.2) is 4.79 Å². The van der Waals surface area contributed by atoms with Crippen molar-refractivity contribution in [1.29, 1.82) is 0 Å². The van der Waals surface area contributed by atoms with Gasteiger partial charge in [0.15, 0.2) is 6.10 Å². The first kappa shape index (κ1) is 27.9. The fourth-order valence-electron chi connectivity index (χ4n) is 4.67. The van der Waals surface area contributed by atoms with E-state index in [9.17, 15) is 35.1 Å². The van der Waals surface area contributed by atoms with Crippen molar-refractivity contribution in [3.05, 3.63) is 0 Å². The normalized spacial score (nSPS) is 39.2. The van der Waals surface area contributed by atoms with Gasteiger partial charge < -0.3 is 49.8 Å². The van der Waals surface area contributed by atoms with Crippen LogP contribution >= 0.6 is 0 Å². The number of hydrogen-bond donors (Lipinski definition) is 6. The summed E-state index contributed by atoms with van der Waals surface area (Å²) in [5.74, 6) is -2.81. The van der Waals surface area contributed by atoms with Crippen LogP contribution in [0.25, 0.3) is 0 Å². The molecule has 12 nitrogen and oxygen atoms in total. The van der Waals surface area contributed by atoms with Crippen molar-refractivity contribution in [3.63, 3.8) is 0 Å². The zero-order valence-corrected chi connectivity index (χ0v) is 19.2. The number of carboxylic acids is 1. The highest BCUT2D eigenvalue weighted by molar-refractivity contribution is 5.73. The highest BCUT2D eigenvalue weighted by Crippen LogP contribution is 2.31. The number of aliphatic hydroxyl groups excluding tert-OH is 4. The molecule has 12 heteroatoms. The molecule has 0 bridgehead atoms. The van der Waals surface area contributed by atoms with Gasteiger partial charge in [0.1, 0.15) is 24.4 Å². The first-order chi connectivity index (χ1) is 15.7. The number of amides is 1. The summed E-state index contributed by atoms with van der Waals surface area (Å²) in [5, 5.41) is 53.1. The molecule has 1 amide bonds. The van der Waals surface area contributed by atoms with Gasteiger partial charge in [0.2, 0.25) is 5.91 Å². The SMILES string of the molecule is CCC1C(C(=O)O)OC(COCCC2C(O)C(CO)OC(COC)C2NC(C)=O)C(O)C1O. The lowest BCUT2D eigenvalue weighted by atomic mass is 9.82. The molecule has 2 aliphatic rings. The van der Waals surface area contributed by atoms with Gasteiger partial charge >= 0.3 is 5.97 Å². The topological polar surface area (TPSA) is 184 Å². The average molecular weight is 480 g/mol. The number of carboxylic acid groups (broad SMARTS) is 1. The molecule has 0 aromatic heterocycles. The Balaban J connectivity index is 2.00. The second-order valence-electron chi connectivity index (χ2n) is 8.58. The lowest BCUT2D eigenvalue weighted by molar-refractivity contribution is -0.222. The van der Waals surface area contributed by atoms with Crippen LogP contribution in [-0.4, -0.2) is 120 Å². The standard InChI is InChI=1S/C21H37NO11/c1-4-11-18(26)19(27)15(33-20(11)21(28)29)9-31-6-5-12-16(22-10(2)24)14(8-30-3)32-13(7-23)17(12)25/h11-20,23,25-27H,4-9H2,1-3H3,(H,22,24)(H,28,29). The number of nitrogens with one attached hydrogen (secondary N) is 1. The molecule has 0 aliphatic carbocycles. The smallest absolute Gasteiger partial charge is 0.333 e. The number of methoxy groups -OCH3 is 1. The Morgan fingerprint density at radius 2 is 1.67 bits per heavy atom. The number of aliphatic carboxylic acids is 1. The molecule has 2 heterocycles. The van der Waals surface area contributed by atoms with E-state index in [1.54, 1.807) is 6.92 Å². The number of carbonyl (C=O) groups is 2. The van der Waals surface area contributed by atoms with Crippen molar-refractivity contribution < 1.29 is 54.1 Å². The maximum Gasteiger partial charge on any atom is 0.333 e. The van der Waals surface area contributed by atoms with E-state index in [1.807, 2.05) is 0 Å². The van der Waals surface area contributed by atoms with Gasteiger partial charge in [0.05, 0.1) is 38.1 Å². The highest BCUT2D eigenvalue weighted by Gasteiger charge is 2.47. The summed E-state index contributed by atoms with van der Waals surface area (Å²) in [4.78, 5) is 23.2. The first-order valence-electron chi connectivity index (χ1n) is 11.2. The molecule has 10 unspecified atom stereocenters. The molecule has 0 saturated carbocycles. The molecule has 2 rings (SSSR count). The maximum atomic E-state index is 11.7. The highest BCUT2D eigenvalue weighted by atomic mass is 16.6. The number of carbonyl (C=O) groups excluding carboxylic acids is 1. The van der Waals surface area contributed by atoms with E-state index < -0.39 is 73.2 Å². The predicted octanol–water partition coefficient (Wildman–Crippen LogP) is -2.12. The fourth-order valence-corrected chi connectivity index (χ4v) is 4.67. The van der Waals surface area contributed by atoms with Crippen molar-refractivity contribution in [2.75, 3.05) is 33.5 Å². The number of ether oxygens (including phenoxy) is 4. The number of hydrogen-bond acceptors (Lipinski definition) is 10. The minimum atomic E-state index is -1.31. The summed E-state index contributed by atoms with van der Waals surface area (Å²) < 4.78 is 22.0. The summed E-state index contributed by atoms with van der Waals surface area (Å²) in [6, 6.07) is -0.594. The van der Waals surface area contributed by atoms with E-state index in [2.05, 4.69) is 5.32 Å². The van der Waals surface area contributed by atoms with E-state index in [0.29, 0.717) is 6.42 Å². The maximum absolute atomic E-state index is 11.7. The molecule has 6 N–H and O–H groups in total. The van der Waals surface area contributed by atoms with Gasteiger partial charge in [0, 0.05) is 32.5 Å².